The lowest BCUT2D eigenvalue weighted by Gasteiger charge is -2.32. The maximum atomic E-state index is 10.3. The van der Waals surface area contributed by atoms with Gasteiger partial charge < -0.3 is 26.7 Å². The van der Waals surface area contributed by atoms with E-state index in [0.29, 0.717) is 16.1 Å². The van der Waals surface area contributed by atoms with Crippen molar-refractivity contribution in [1.29, 1.82) is 0 Å². The molecule has 25 heavy (non-hydrogen) atoms. The molecule has 0 aromatic heterocycles. The molecule has 0 spiro atoms. The molecular formula is C19H24Cl3NO2. The zero-order valence-corrected chi connectivity index (χ0v) is 16.9. The fourth-order valence-electron chi connectivity index (χ4n) is 2.73. The maximum absolute atomic E-state index is 10.3. The van der Waals surface area contributed by atoms with Crippen LogP contribution >= 0.6 is 23.2 Å². The summed E-state index contributed by atoms with van der Waals surface area (Å²) in [6.07, 6.45) is -0.553. The first-order chi connectivity index (χ1) is 11.2. The van der Waals surface area contributed by atoms with E-state index in [1.807, 2.05) is 43.3 Å². The molecule has 0 fully saturated rings. The van der Waals surface area contributed by atoms with Crippen LogP contribution in [-0.4, -0.2) is 42.9 Å². The Balaban J connectivity index is 0.00000312. The third-order valence-corrected chi connectivity index (χ3v) is 4.28. The van der Waals surface area contributed by atoms with E-state index in [1.54, 1.807) is 6.07 Å². The molecule has 0 heterocycles. The van der Waals surface area contributed by atoms with E-state index in [4.69, 9.17) is 27.9 Å². The normalized spacial score (nSPS) is 12.4. The molecule has 0 bridgehead atoms. The van der Waals surface area contributed by atoms with Crippen molar-refractivity contribution in [3.05, 3.63) is 63.6 Å². The van der Waals surface area contributed by atoms with Gasteiger partial charge in [0.05, 0.1) is 14.1 Å². The number of ether oxygens (including phenoxy) is 1. The lowest BCUT2D eigenvalue weighted by molar-refractivity contribution is -0.906. The minimum absolute atomic E-state index is 0. The molecule has 0 aliphatic heterocycles. The Morgan fingerprint density at radius 3 is 2.24 bits per heavy atom. The maximum Gasteiger partial charge on any atom is 0.137 e. The van der Waals surface area contributed by atoms with Gasteiger partial charge in [0.2, 0.25) is 0 Å². The largest absolute Gasteiger partial charge is 1.00 e. The molecule has 0 saturated heterocycles. The SMILES string of the molecule is Cc1cc(Cl)ccc1OCC(O)C[N+](C)(C)Cc1ccc(Cl)cc1.[Cl-]. The van der Waals surface area contributed by atoms with E-state index in [9.17, 15) is 5.11 Å². The van der Waals surface area contributed by atoms with Crippen molar-refractivity contribution >= 4 is 23.2 Å². The number of quaternary nitrogens is 1. The monoisotopic (exact) mass is 403 g/mol. The topological polar surface area (TPSA) is 29.5 Å². The minimum atomic E-state index is -0.553. The van der Waals surface area contributed by atoms with Crippen LogP contribution in [0.3, 0.4) is 0 Å². The Morgan fingerprint density at radius 1 is 1.04 bits per heavy atom. The van der Waals surface area contributed by atoms with Gasteiger partial charge >= 0.3 is 0 Å². The number of aryl methyl sites for hydroxylation is 1. The third-order valence-electron chi connectivity index (χ3n) is 3.80. The molecule has 138 valence electrons. The number of rotatable bonds is 7. The highest BCUT2D eigenvalue weighted by Gasteiger charge is 2.22. The van der Waals surface area contributed by atoms with Crippen LogP contribution < -0.4 is 17.1 Å². The lowest BCUT2D eigenvalue weighted by Crippen LogP contribution is -3.00. The van der Waals surface area contributed by atoms with Gasteiger partial charge in [-0.2, -0.15) is 0 Å². The predicted molar refractivity (Wildman–Crippen MR) is 99.8 cm³/mol. The van der Waals surface area contributed by atoms with Crippen LogP contribution in [0.15, 0.2) is 42.5 Å². The zero-order valence-electron chi connectivity index (χ0n) is 14.7. The quantitative estimate of drug-likeness (QED) is 0.705. The molecule has 1 unspecified atom stereocenters. The molecule has 2 aromatic carbocycles. The second-order valence-corrected chi connectivity index (χ2v) is 7.65. The molecule has 0 amide bonds. The van der Waals surface area contributed by atoms with Crippen molar-refractivity contribution in [3.8, 4) is 5.75 Å². The molecule has 1 atom stereocenters. The first kappa shape index (κ1) is 22.1. The second-order valence-electron chi connectivity index (χ2n) is 6.78. The van der Waals surface area contributed by atoms with Gasteiger partial charge in [-0.25, -0.2) is 0 Å². The van der Waals surface area contributed by atoms with Crippen molar-refractivity contribution in [2.45, 2.75) is 19.6 Å². The highest BCUT2D eigenvalue weighted by molar-refractivity contribution is 6.30. The average Bonchev–Trinajstić information content (AvgIpc) is 2.48. The molecule has 0 saturated carbocycles. The third kappa shape index (κ3) is 7.43. The first-order valence-corrected chi connectivity index (χ1v) is 8.64. The molecule has 1 N–H and O–H groups in total. The summed E-state index contributed by atoms with van der Waals surface area (Å²) in [5, 5.41) is 11.7. The molecule has 0 radical (unpaired) electrons. The standard InChI is InChI=1S/C19H24Cl2NO2.ClH/c1-14-10-17(21)8-9-19(14)24-13-18(23)12-22(2,3)11-15-4-6-16(20)7-5-15;/h4-10,18,23H,11-13H2,1-3H3;1H/q+1;/p-1. The van der Waals surface area contributed by atoms with E-state index in [0.717, 1.165) is 22.9 Å². The van der Waals surface area contributed by atoms with Gasteiger partial charge in [-0.3, -0.25) is 0 Å². The van der Waals surface area contributed by atoms with E-state index in [2.05, 4.69) is 14.1 Å². The van der Waals surface area contributed by atoms with Crippen LogP contribution in [0.25, 0.3) is 0 Å². The van der Waals surface area contributed by atoms with Gasteiger partial charge in [-0.05, 0) is 42.8 Å². The molecule has 6 heteroatoms. The smallest absolute Gasteiger partial charge is 0.137 e. The summed E-state index contributed by atoms with van der Waals surface area (Å²) in [6.45, 7) is 3.60. The molecule has 2 rings (SSSR count). The molecule has 0 aliphatic rings. The minimum Gasteiger partial charge on any atom is -1.00 e. The summed E-state index contributed by atoms with van der Waals surface area (Å²) < 4.78 is 6.39. The Morgan fingerprint density at radius 2 is 1.64 bits per heavy atom. The number of aliphatic hydroxyl groups excluding tert-OH is 1. The van der Waals surface area contributed by atoms with E-state index in [-0.39, 0.29) is 19.0 Å². The number of benzene rings is 2. The number of aliphatic hydroxyl groups is 1. The summed E-state index contributed by atoms with van der Waals surface area (Å²) in [6, 6.07) is 13.3. The average molecular weight is 405 g/mol. The second kappa shape index (κ2) is 9.65. The van der Waals surface area contributed by atoms with Crippen LogP contribution in [0, 0.1) is 6.92 Å². The van der Waals surface area contributed by atoms with Crippen molar-refractivity contribution in [1.82, 2.24) is 0 Å². The van der Waals surface area contributed by atoms with Crippen LogP contribution in [0.4, 0.5) is 0 Å². The van der Waals surface area contributed by atoms with E-state index in [1.165, 1.54) is 5.56 Å². The molecule has 2 aromatic rings. The van der Waals surface area contributed by atoms with E-state index < -0.39 is 6.10 Å². The van der Waals surface area contributed by atoms with Gasteiger partial charge in [0.25, 0.3) is 0 Å². The van der Waals surface area contributed by atoms with Crippen molar-refractivity contribution in [2.75, 3.05) is 27.2 Å². The van der Waals surface area contributed by atoms with Crippen molar-refractivity contribution < 1.29 is 26.7 Å². The summed E-state index contributed by atoms with van der Waals surface area (Å²) in [5.74, 6) is 0.751. The predicted octanol–water partition coefficient (Wildman–Crippen LogP) is 1.32. The summed E-state index contributed by atoms with van der Waals surface area (Å²) in [5.41, 5.74) is 2.15. The lowest BCUT2D eigenvalue weighted by atomic mass is 10.2. The first-order valence-electron chi connectivity index (χ1n) is 7.89. The summed E-state index contributed by atoms with van der Waals surface area (Å²) in [7, 11) is 4.18. The van der Waals surface area contributed by atoms with Gasteiger partial charge in [0, 0.05) is 15.6 Å². The van der Waals surface area contributed by atoms with Gasteiger partial charge in [-0.1, -0.05) is 35.3 Å². The number of halogens is 3. The van der Waals surface area contributed by atoms with Gasteiger partial charge in [0.15, 0.2) is 0 Å². The van der Waals surface area contributed by atoms with Crippen LogP contribution in [-0.2, 0) is 6.54 Å². The molecule has 0 aliphatic carbocycles. The van der Waals surface area contributed by atoms with E-state index >= 15 is 0 Å². The van der Waals surface area contributed by atoms with Crippen LogP contribution in [0.1, 0.15) is 11.1 Å². The number of hydrogen-bond acceptors (Lipinski definition) is 2. The Kier molecular flexibility index (Phi) is 8.52. The van der Waals surface area contributed by atoms with Crippen LogP contribution in [0.5, 0.6) is 5.75 Å². The Bertz CT molecular complexity index is 675. The van der Waals surface area contributed by atoms with Crippen LogP contribution in [0.2, 0.25) is 10.0 Å². The zero-order chi connectivity index (χ0) is 17.7. The number of hydrogen-bond donors (Lipinski definition) is 1. The Hall–Kier alpha value is -0.970. The van der Waals surface area contributed by atoms with Crippen molar-refractivity contribution in [2.24, 2.45) is 0 Å². The number of likely N-dealkylation sites (N-methyl/N-ethyl adjacent to an activating group) is 1. The highest BCUT2D eigenvalue weighted by Crippen LogP contribution is 2.22. The van der Waals surface area contributed by atoms with Crippen molar-refractivity contribution in [3.63, 3.8) is 0 Å². The molecular weight excluding hydrogens is 381 g/mol. The number of nitrogens with zero attached hydrogens (tertiary/aromatic N) is 1. The fourth-order valence-corrected chi connectivity index (χ4v) is 3.09. The van der Waals surface area contributed by atoms with Gasteiger partial charge in [0.1, 0.15) is 31.5 Å². The summed E-state index contributed by atoms with van der Waals surface area (Å²) in [4.78, 5) is 0. The highest BCUT2D eigenvalue weighted by atomic mass is 35.5. The fraction of sp³-hybridized carbons (Fsp3) is 0.368. The van der Waals surface area contributed by atoms with Gasteiger partial charge in [-0.15, -0.1) is 0 Å². The molecule has 3 nitrogen and oxygen atoms in total. The Labute approximate surface area is 166 Å². The summed E-state index contributed by atoms with van der Waals surface area (Å²) >= 11 is 11.9.